The molecule has 0 bridgehead atoms. The predicted molar refractivity (Wildman–Crippen MR) is 63.9 cm³/mol. The van der Waals surface area contributed by atoms with E-state index in [0.29, 0.717) is 37.8 Å². The van der Waals surface area contributed by atoms with Crippen LogP contribution in [0.5, 0.6) is 0 Å². The summed E-state index contributed by atoms with van der Waals surface area (Å²) in [5, 5.41) is 3.51. The maximum atomic E-state index is 12.5. The Kier molecular flexibility index (Phi) is 5.77. The molecule has 1 aliphatic carbocycles. The molecule has 0 aromatic carbocycles. The minimum Gasteiger partial charge on any atom is -0.311 e. The van der Waals surface area contributed by atoms with Crippen molar-refractivity contribution in [3.8, 4) is 0 Å². The molecular weight excluding hydrogens is 227 g/mol. The molecule has 1 aliphatic rings. The molecule has 1 saturated carbocycles. The van der Waals surface area contributed by atoms with Crippen LogP contribution in [0.1, 0.15) is 58.8 Å². The topological polar surface area (TPSA) is 12.0 Å². The lowest BCUT2D eigenvalue weighted by molar-refractivity contribution is -0.182. The van der Waals surface area contributed by atoms with Gasteiger partial charge in [0.05, 0.1) is 5.92 Å². The lowest BCUT2D eigenvalue weighted by Gasteiger charge is -2.32. The molecule has 1 N–H and O–H groups in total. The van der Waals surface area contributed by atoms with Crippen LogP contribution in [0.2, 0.25) is 0 Å². The van der Waals surface area contributed by atoms with E-state index in [0.717, 1.165) is 19.3 Å². The number of hydrogen-bond acceptors (Lipinski definition) is 1. The highest BCUT2D eigenvalue weighted by molar-refractivity contribution is 4.82. The van der Waals surface area contributed by atoms with Gasteiger partial charge in [-0.25, -0.2) is 0 Å². The fraction of sp³-hybridized carbons (Fsp3) is 1.00. The van der Waals surface area contributed by atoms with Gasteiger partial charge in [0.15, 0.2) is 0 Å². The second-order valence-electron chi connectivity index (χ2n) is 5.15. The van der Waals surface area contributed by atoms with Gasteiger partial charge in [0, 0.05) is 12.1 Å². The van der Waals surface area contributed by atoms with Gasteiger partial charge in [-0.1, -0.05) is 20.3 Å². The molecule has 0 aromatic heterocycles. The molecule has 102 valence electrons. The smallest absolute Gasteiger partial charge is 0.311 e. The molecule has 17 heavy (non-hydrogen) atoms. The van der Waals surface area contributed by atoms with Gasteiger partial charge in [0.2, 0.25) is 0 Å². The third-order valence-corrected chi connectivity index (χ3v) is 3.79. The molecule has 1 unspecified atom stereocenters. The minimum absolute atomic E-state index is 0.295. The van der Waals surface area contributed by atoms with Gasteiger partial charge in [-0.2, -0.15) is 13.2 Å². The van der Waals surface area contributed by atoms with E-state index in [1.54, 1.807) is 0 Å². The first-order valence-corrected chi connectivity index (χ1v) is 6.80. The molecule has 4 heteroatoms. The van der Waals surface area contributed by atoms with Crippen molar-refractivity contribution in [1.82, 2.24) is 5.32 Å². The lowest BCUT2D eigenvalue weighted by Crippen LogP contribution is -2.42. The van der Waals surface area contributed by atoms with Gasteiger partial charge in [-0.05, 0) is 38.5 Å². The van der Waals surface area contributed by atoms with Crippen molar-refractivity contribution in [2.45, 2.75) is 77.1 Å². The van der Waals surface area contributed by atoms with Crippen LogP contribution in [0, 0.1) is 5.92 Å². The number of hydrogen-bond donors (Lipinski definition) is 1. The number of alkyl halides is 3. The van der Waals surface area contributed by atoms with Gasteiger partial charge in [0.25, 0.3) is 0 Å². The molecule has 0 heterocycles. The van der Waals surface area contributed by atoms with Crippen molar-refractivity contribution < 1.29 is 13.2 Å². The molecule has 1 rings (SSSR count). The molecule has 1 nitrogen and oxygen atoms in total. The summed E-state index contributed by atoms with van der Waals surface area (Å²) in [4.78, 5) is 0. The monoisotopic (exact) mass is 251 g/mol. The Morgan fingerprint density at radius 2 is 1.71 bits per heavy atom. The summed E-state index contributed by atoms with van der Waals surface area (Å²) in [6.45, 7) is 4.28. The zero-order valence-electron chi connectivity index (χ0n) is 10.8. The van der Waals surface area contributed by atoms with Gasteiger partial charge in [0.1, 0.15) is 0 Å². The van der Waals surface area contributed by atoms with Crippen LogP contribution in [-0.4, -0.2) is 18.3 Å². The Hall–Kier alpha value is -0.250. The first kappa shape index (κ1) is 14.8. The highest BCUT2D eigenvalue weighted by atomic mass is 19.4. The summed E-state index contributed by atoms with van der Waals surface area (Å²) < 4.78 is 37.5. The number of halogens is 3. The molecule has 1 fully saturated rings. The van der Waals surface area contributed by atoms with E-state index in [9.17, 15) is 13.2 Å². The minimum atomic E-state index is -3.99. The highest BCUT2D eigenvalue weighted by Gasteiger charge is 2.41. The summed E-state index contributed by atoms with van der Waals surface area (Å²) in [5.41, 5.74) is 0. The van der Waals surface area contributed by atoms with Crippen molar-refractivity contribution in [1.29, 1.82) is 0 Å². The van der Waals surface area contributed by atoms with E-state index in [2.05, 4.69) is 19.2 Å². The second-order valence-corrected chi connectivity index (χ2v) is 5.15. The number of nitrogens with one attached hydrogen (secondary N) is 1. The van der Waals surface area contributed by atoms with Crippen LogP contribution in [0.15, 0.2) is 0 Å². The van der Waals surface area contributed by atoms with Crippen LogP contribution in [0.25, 0.3) is 0 Å². The Morgan fingerprint density at radius 1 is 1.12 bits per heavy atom. The molecule has 0 aliphatic heterocycles. The van der Waals surface area contributed by atoms with Crippen molar-refractivity contribution in [3.63, 3.8) is 0 Å². The van der Waals surface area contributed by atoms with Gasteiger partial charge in [-0.3, -0.25) is 0 Å². The third-order valence-electron chi connectivity index (χ3n) is 3.79. The zero-order valence-corrected chi connectivity index (χ0v) is 10.8. The second kappa shape index (κ2) is 6.62. The Balaban J connectivity index is 2.31. The average Bonchev–Trinajstić information content (AvgIpc) is 2.28. The summed E-state index contributed by atoms with van der Waals surface area (Å²) in [6, 6.07) is 0.775. The third kappa shape index (κ3) is 4.86. The number of rotatable bonds is 5. The first-order chi connectivity index (χ1) is 7.97. The fourth-order valence-corrected chi connectivity index (χ4v) is 2.67. The molecule has 0 aromatic rings. The van der Waals surface area contributed by atoms with E-state index in [4.69, 9.17) is 0 Å². The maximum Gasteiger partial charge on any atom is 0.391 e. The predicted octanol–water partition coefficient (Wildman–Crippen LogP) is 4.28. The van der Waals surface area contributed by atoms with E-state index >= 15 is 0 Å². The summed E-state index contributed by atoms with van der Waals surface area (Å²) >= 11 is 0. The molecular formula is C13H24F3N. The van der Waals surface area contributed by atoms with E-state index in [1.807, 2.05) is 0 Å². The zero-order chi connectivity index (χ0) is 12.9. The van der Waals surface area contributed by atoms with Crippen molar-refractivity contribution >= 4 is 0 Å². The Bertz CT molecular complexity index is 207. The highest BCUT2D eigenvalue weighted by Crippen LogP contribution is 2.37. The van der Waals surface area contributed by atoms with Crippen molar-refractivity contribution in [3.05, 3.63) is 0 Å². The largest absolute Gasteiger partial charge is 0.391 e. The van der Waals surface area contributed by atoms with Crippen LogP contribution in [-0.2, 0) is 0 Å². The van der Waals surface area contributed by atoms with Crippen LogP contribution < -0.4 is 5.32 Å². The van der Waals surface area contributed by atoms with E-state index < -0.39 is 12.1 Å². The normalized spacial score (nSPS) is 28.1. The first-order valence-electron chi connectivity index (χ1n) is 6.80. The molecule has 1 atom stereocenters. The average molecular weight is 251 g/mol. The van der Waals surface area contributed by atoms with Gasteiger partial charge in [-0.15, -0.1) is 0 Å². The van der Waals surface area contributed by atoms with Crippen LogP contribution in [0.4, 0.5) is 13.2 Å². The van der Waals surface area contributed by atoms with E-state index in [1.165, 1.54) is 0 Å². The Labute approximate surface area is 102 Å². The summed E-state index contributed by atoms with van der Waals surface area (Å²) in [6.07, 6.45) is 1.26. The SMILES string of the molecule is CCCC(CC)NC1CCC(C(F)(F)F)CC1. The summed E-state index contributed by atoms with van der Waals surface area (Å²) in [7, 11) is 0. The quantitative estimate of drug-likeness (QED) is 0.769. The van der Waals surface area contributed by atoms with Gasteiger partial charge >= 0.3 is 6.18 Å². The molecule has 0 saturated heterocycles. The van der Waals surface area contributed by atoms with Gasteiger partial charge < -0.3 is 5.32 Å². The van der Waals surface area contributed by atoms with Crippen molar-refractivity contribution in [2.75, 3.05) is 0 Å². The Morgan fingerprint density at radius 3 is 2.12 bits per heavy atom. The van der Waals surface area contributed by atoms with E-state index in [-0.39, 0.29) is 0 Å². The standard InChI is InChI=1S/C13H24F3N/c1-3-5-11(4-2)17-12-8-6-10(7-9-12)13(14,15)16/h10-12,17H,3-9H2,1-2H3. The van der Waals surface area contributed by atoms with Crippen LogP contribution >= 0.6 is 0 Å². The lowest BCUT2D eigenvalue weighted by atomic mass is 9.85. The molecule has 0 spiro atoms. The van der Waals surface area contributed by atoms with Crippen molar-refractivity contribution in [2.24, 2.45) is 5.92 Å². The fourth-order valence-electron chi connectivity index (χ4n) is 2.67. The summed E-state index contributed by atoms with van der Waals surface area (Å²) in [5.74, 6) is -1.06. The van der Waals surface area contributed by atoms with Crippen LogP contribution in [0.3, 0.4) is 0 Å². The molecule has 0 radical (unpaired) electrons. The molecule has 0 amide bonds. The maximum absolute atomic E-state index is 12.5.